The average Bonchev–Trinajstić information content (AvgIpc) is 3.72. The number of hydrogen-bond acceptors (Lipinski definition) is 5. The van der Waals surface area contributed by atoms with Crippen LogP contribution < -0.4 is 35.8 Å². The van der Waals surface area contributed by atoms with Gasteiger partial charge >= 0.3 is 0 Å². The number of anilines is 9. The minimum atomic E-state index is -0.113. The monoisotopic (exact) mass is 869 g/mol. The van der Waals surface area contributed by atoms with Gasteiger partial charge in [0.25, 0.3) is 6.71 Å². The first-order chi connectivity index (χ1) is 32.2. The molecule has 0 bridgehead atoms. The molecule has 318 valence electrons. The van der Waals surface area contributed by atoms with E-state index in [1.165, 1.54) is 69.9 Å². The Hall–Kier alpha value is -7.54. The molecule has 66 heavy (non-hydrogen) atoms. The molecule has 9 aromatic carbocycles. The van der Waals surface area contributed by atoms with Gasteiger partial charge in [0, 0.05) is 50.6 Å². The fourth-order valence-electron chi connectivity index (χ4n) is 10.1. The molecule has 0 spiro atoms. The lowest BCUT2D eigenvalue weighted by Crippen LogP contribution is -2.59. The van der Waals surface area contributed by atoms with Crippen molar-refractivity contribution in [2.75, 3.05) is 14.7 Å². The second-order valence-corrected chi connectivity index (χ2v) is 19.3. The Morgan fingerprint density at radius 3 is 1.52 bits per heavy atom. The maximum Gasteiger partial charge on any atom is 0.257 e. The number of aryl methyl sites for hydroxylation is 6. The van der Waals surface area contributed by atoms with Crippen molar-refractivity contribution in [1.82, 2.24) is 0 Å². The van der Waals surface area contributed by atoms with Crippen LogP contribution in [0.3, 0.4) is 0 Å². The maximum atomic E-state index is 7.22. The van der Waals surface area contributed by atoms with Crippen LogP contribution in [0.15, 0.2) is 182 Å². The molecule has 0 aliphatic carbocycles. The van der Waals surface area contributed by atoms with Crippen molar-refractivity contribution in [3.63, 3.8) is 0 Å². The van der Waals surface area contributed by atoms with Gasteiger partial charge in [-0.05, 0) is 154 Å². The Kier molecular flexibility index (Phi) is 9.44. The summed E-state index contributed by atoms with van der Waals surface area (Å²) in [5.41, 5.74) is 20.9. The molecule has 10 aromatic rings. The number of ether oxygens (including phenoxy) is 1. The van der Waals surface area contributed by atoms with Crippen LogP contribution >= 0.6 is 11.3 Å². The summed E-state index contributed by atoms with van der Waals surface area (Å²) in [6.45, 7) is 12.9. The van der Waals surface area contributed by atoms with Gasteiger partial charge in [0.15, 0.2) is 0 Å². The van der Waals surface area contributed by atoms with E-state index in [1.54, 1.807) is 0 Å². The van der Waals surface area contributed by atoms with Gasteiger partial charge in [0.1, 0.15) is 11.5 Å². The van der Waals surface area contributed by atoms with Crippen LogP contribution in [-0.2, 0) is 0 Å². The third kappa shape index (κ3) is 6.58. The molecule has 6 heteroatoms. The van der Waals surface area contributed by atoms with Crippen molar-refractivity contribution < 1.29 is 4.74 Å². The van der Waals surface area contributed by atoms with E-state index in [-0.39, 0.29) is 6.71 Å². The van der Waals surface area contributed by atoms with Gasteiger partial charge in [-0.2, -0.15) is 0 Å². The molecule has 0 N–H and O–H groups in total. The third-order valence-corrected chi connectivity index (χ3v) is 14.7. The molecule has 1 aromatic heterocycles. The van der Waals surface area contributed by atoms with Gasteiger partial charge in [-0.3, -0.25) is 0 Å². The molecule has 0 radical (unpaired) electrons. The molecule has 0 saturated carbocycles. The first kappa shape index (κ1) is 40.0. The Labute approximate surface area is 391 Å². The number of benzene rings is 9. The van der Waals surface area contributed by atoms with Crippen LogP contribution in [0.2, 0.25) is 0 Å². The molecule has 4 nitrogen and oxygen atoms in total. The highest BCUT2D eigenvalue weighted by molar-refractivity contribution is 7.27. The second kappa shape index (κ2) is 15.6. The highest BCUT2D eigenvalue weighted by Crippen LogP contribution is 2.52. The smallest absolute Gasteiger partial charge is 0.257 e. The zero-order valence-corrected chi connectivity index (χ0v) is 38.9. The van der Waals surface area contributed by atoms with Crippen LogP contribution in [0, 0.1) is 41.5 Å². The van der Waals surface area contributed by atoms with Gasteiger partial charge in [0.2, 0.25) is 0 Å². The summed E-state index contributed by atoms with van der Waals surface area (Å²) < 4.78 is 9.74. The number of hydrogen-bond donors (Lipinski definition) is 0. The minimum absolute atomic E-state index is 0.113. The Morgan fingerprint density at radius 1 is 0.439 bits per heavy atom. The van der Waals surface area contributed by atoms with Crippen molar-refractivity contribution in [2.45, 2.75) is 41.5 Å². The van der Waals surface area contributed by atoms with E-state index in [0.717, 1.165) is 62.7 Å². The lowest BCUT2D eigenvalue weighted by molar-refractivity contribution is 0.487. The molecule has 12 rings (SSSR count). The van der Waals surface area contributed by atoms with Crippen LogP contribution in [-0.4, -0.2) is 6.71 Å². The number of fused-ring (bicyclic) bond motifs is 8. The predicted molar refractivity (Wildman–Crippen MR) is 283 cm³/mol. The van der Waals surface area contributed by atoms with Crippen molar-refractivity contribution in [3.05, 3.63) is 215 Å². The lowest BCUT2D eigenvalue weighted by atomic mass is 9.33. The molecule has 2 aliphatic heterocycles. The Morgan fingerprint density at radius 2 is 0.939 bits per heavy atom. The molecule has 0 unspecified atom stereocenters. The van der Waals surface area contributed by atoms with E-state index >= 15 is 0 Å². The number of nitrogens with zero attached hydrogens (tertiary/aromatic N) is 3. The third-order valence-electron chi connectivity index (χ3n) is 13.5. The summed E-state index contributed by atoms with van der Waals surface area (Å²) in [7, 11) is 0. The first-order valence-electron chi connectivity index (χ1n) is 22.8. The zero-order chi connectivity index (χ0) is 44.8. The van der Waals surface area contributed by atoms with Crippen molar-refractivity contribution in [2.24, 2.45) is 0 Å². The fraction of sp³-hybridized carbons (Fsp3) is 0.100. The number of thiophene rings is 1. The standard InChI is InChI=1S/C60H48BN3OS/c1-37-11-22-43(23-12-37)62(44-24-13-38(2)14-25-44)48-34-51-58-55(35-48)65-54-32-21-42(6)33-50(54)61(58)59-52(64(51)47-30-19-41(5)20-31-47)36-53(60-57(59)49-9-7-8-10-56(49)66-60)63(45-26-15-39(3)16-27-45)46-28-17-40(4)18-29-46/h7-36H,1-6H3. The van der Waals surface area contributed by atoms with Crippen molar-refractivity contribution in [3.8, 4) is 11.5 Å². The van der Waals surface area contributed by atoms with Gasteiger partial charge in [-0.15, -0.1) is 11.3 Å². The maximum absolute atomic E-state index is 7.22. The van der Waals surface area contributed by atoms with E-state index in [0.29, 0.717) is 0 Å². The van der Waals surface area contributed by atoms with Gasteiger partial charge < -0.3 is 19.4 Å². The first-order valence-corrected chi connectivity index (χ1v) is 23.7. The summed E-state index contributed by atoms with van der Waals surface area (Å²) in [4.78, 5) is 7.37. The largest absolute Gasteiger partial charge is 0.458 e. The van der Waals surface area contributed by atoms with Crippen LogP contribution in [0.1, 0.15) is 33.4 Å². The highest BCUT2D eigenvalue weighted by atomic mass is 32.1. The van der Waals surface area contributed by atoms with E-state index in [4.69, 9.17) is 4.74 Å². The van der Waals surface area contributed by atoms with Crippen molar-refractivity contribution in [1.29, 1.82) is 0 Å². The minimum Gasteiger partial charge on any atom is -0.458 e. The summed E-state index contributed by atoms with van der Waals surface area (Å²) in [6, 6.07) is 67.6. The molecule has 3 heterocycles. The van der Waals surface area contributed by atoms with Gasteiger partial charge in [-0.25, -0.2) is 0 Å². The quantitative estimate of drug-likeness (QED) is 0.149. The second-order valence-electron chi connectivity index (χ2n) is 18.3. The van der Waals surface area contributed by atoms with Gasteiger partial charge in [-0.1, -0.05) is 124 Å². The SMILES string of the molecule is Cc1ccc(N(c2ccc(C)cc2)c2cc3c4c(c2)N(c2ccc(C)cc2)c2cc(N(c5ccc(C)cc5)c5ccc(C)cc5)c5sc6ccccc6c5c2B4c2cc(C)ccc2O3)cc1. The summed E-state index contributed by atoms with van der Waals surface area (Å²) in [5, 5.41) is 2.55. The lowest BCUT2D eigenvalue weighted by Gasteiger charge is -2.42. The highest BCUT2D eigenvalue weighted by Gasteiger charge is 2.45. The van der Waals surface area contributed by atoms with Crippen LogP contribution in [0.5, 0.6) is 11.5 Å². The molecular formula is C60H48BN3OS. The van der Waals surface area contributed by atoms with Crippen LogP contribution in [0.25, 0.3) is 20.2 Å². The normalized spacial score (nSPS) is 12.5. The molecule has 0 atom stereocenters. The number of rotatable bonds is 7. The predicted octanol–water partition coefficient (Wildman–Crippen LogP) is 15.2. The molecule has 2 aliphatic rings. The van der Waals surface area contributed by atoms with Crippen LogP contribution in [0.4, 0.5) is 51.2 Å². The Balaban J connectivity index is 1.23. The topological polar surface area (TPSA) is 19.0 Å². The summed E-state index contributed by atoms with van der Waals surface area (Å²) in [6.07, 6.45) is 0. The zero-order valence-electron chi connectivity index (χ0n) is 38.1. The van der Waals surface area contributed by atoms with E-state index in [9.17, 15) is 0 Å². The molecule has 0 amide bonds. The summed E-state index contributed by atoms with van der Waals surface area (Å²) in [5.74, 6) is 1.76. The van der Waals surface area contributed by atoms with E-state index in [1.807, 2.05) is 11.3 Å². The Bertz CT molecular complexity index is 3410. The molecular weight excluding hydrogens is 822 g/mol. The molecule has 0 saturated heterocycles. The molecule has 0 fully saturated rings. The van der Waals surface area contributed by atoms with E-state index < -0.39 is 0 Å². The fourth-order valence-corrected chi connectivity index (χ4v) is 11.4. The summed E-state index contributed by atoms with van der Waals surface area (Å²) >= 11 is 1.89. The average molecular weight is 870 g/mol. The van der Waals surface area contributed by atoms with E-state index in [2.05, 4.69) is 238 Å². The van der Waals surface area contributed by atoms with Crippen molar-refractivity contribution >= 4 is 106 Å². The van der Waals surface area contributed by atoms with Gasteiger partial charge in [0.05, 0.1) is 16.1 Å².